The Hall–Kier alpha value is -2.10. The normalized spacial score (nSPS) is 19.8. The maximum absolute atomic E-state index is 12.8. The molecule has 1 N–H and O–H groups in total. The van der Waals surface area contributed by atoms with Crippen LogP contribution in [0.3, 0.4) is 0 Å². The van der Waals surface area contributed by atoms with Gasteiger partial charge in [0, 0.05) is 13.1 Å². The van der Waals surface area contributed by atoms with Gasteiger partial charge >= 0.3 is 0 Å². The number of carbonyl (C=O) groups is 1. The van der Waals surface area contributed by atoms with Crippen molar-refractivity contribution in [2.24, 2.45) is 0 Å². The summed E-state index contributed by atoms with van der Waals surface area (Å²) in [7, 11) is -3.63. The van der Waals surface area contributed by atoms with Crippen LogP contribution in [-0.4, -0.2) is 44.4 Å². The van der Waals surface area contributed by atoms with Gasteiger partial charge in [-0.2, -0.15) is 4.31 Å². The second-order valence-electron chi connectivity index (χ2n) is 6.40. The van der Waals surface area contributed by atoms with Crippen LogP contribution in [0.25, 0.3) is 0 Å². The lowest BCUT2D eigenvalue weighted by Crippen LogP contribution is -2.45. The van der Waals surface area contributed by atoms with E-state index < -0.39 is 16.1 Å². The van der Waals surface area contributed by atoms with Crippen molar-refractivity contribution < 1.29 is 22.7 Å². The van der Waals surface area contributed by atoms with Crippen LogP contribution in [0.1, 0.15) is 18.4 Å². The predicted molar refractivity (Wildman–Crippen MR) is 101 cm³/mol. The van der Waals surface area contributed by atoms with Gasteiger partial charge in [-0.25, -0.2) is 8.42 Å². The Morgan fingerprint density at radius 1 is 1.22 bits per heavy atom. The summed E-state index contributed by atoms with van der Waals surface area (Å²) in [5.41, 5.74) is 0.873. The zero-order valence-electron chi connectivity index (χ0n) is 14.6. The molecule has 2 aromatic rings. The van der Waals surface area contributed by atoms with Crippen LogP contribution < -0.4 is 14.8 Å². The molecular formula is C18H20N2O5S2. The number of amides is 1. The summed E-state index contributed by atoms with van der Waals surface area (Å²) in [6, 6.07) is 8.12. The van der Waals surface area contributed by atoms with E-state index in [4.69, 9.17) is 9.47 Å². The van der Waals surface area contributed by atoms with Crippen molar-refractivity contribution in [1.29, 1.82) is 0 Å². The lowest BCUT2D eigenvalue weighted by atomic mass is 10.1. The zero-order chi connectivity index (χ0) is 18.9. The number of rotatable bonds is 5. The average molecular weight is 409 g/mol. The van der Waals surface area contributed by atoms with Crippen LogP contribution in [0.4, 0.5) is 0 Å². The minimum atomic E-state index is -3.63. The van der Waals surface area contributed by atoms with Gasteiger partial charge in [0.2, 0.25) is 5.91 Å². The smallest absolute Gasteiger partial charge is 0.253 e. The van der Waals surface area contributed by atoms with Crippen LogP contribution in [0, 0.1) is 0 Å². The van der Waals surface area contributed by atoms with E-state index in [0.29, 0.717) is 50.6 Å². The number of nitrogens with zero attached hydrogens (tertiary/aromatic N) is 1. The molecule has 0 radical (unpaired) electrons. The number of hydrogen-bond donors (Lipinski definition) is 1. The van der Waals surface area contributed by atoms with Crippen LogP contribution in [0.5, 0.6) is 11.5 Å². The van der Waals surface area contributed by atoms with Gasteiger partial charge in [-0.15, -0.1) is 11.3 Å². The minimum absolute atomic E-state index is 0.272. The quantitative estimate of drug-likeness (QED) is 0.818. The molecule has 1 fully saturated rings. The lowest BCUT2D eigenvalue weighted by Gasteiger charge is -2.23. The highest BCUT2D eigenvalue weighted by atomic mass is 32.2. The summed E-state index contributed by atoms with van der Waals surface area (Å²) in [6.07, 6.45) is 1.20. The number of benzene rings is 1. The molecular weight excluding hydrogens is 388 g/mol. The molecule has 0 saturated carbocycles. The summed E-state index contributed by atoms with van der Waals surface area (Å²) in [4.78, 5) is 12.7. The molecule has 1 amide bonds. The van der Waals surface area contributed by atoms with Gasteiger partial charge < -0.3 is 14.8 Å². The second kappa shape index (κ2) is 7.49. The third-order valence-electron chi connectivity index (χ3n) is 4.64. The molecule has 7 nitrogen and oxygen atoms in total. The number of thiophene rings is 1. The lowest BCUT2D eigenvalue weighted by molar-refractivity contribution is -0.124. The van der Waals surface area contributed by atoms with Gasteiger partial charge in [0.15, 0.2) is 11.5 Å². The summed E-state index contributed by atoms with van der Waals surface area (Å²) < 4.78 is 38.2. The average Bonchev–Trinajstić information content (AvgIpc) is 3.38. The van der Waals surface area contributed by atoms with Crippen molar-refractivity contribution >= 4 is 27.3 Å². The molecule has 2 aliphatic rings. The maximum atomic E-state index is 12.8. The summed E-state index contributed by atoms with van der Waals surface area (Å²) in [6.45, 7) is 1.70. The molecule has 27 heavy (non-hydrogen) atoms. The molecule has 3 heterocycles. The van der Waals surface area contributed by atoms with E-state index in [0.717, 1.165) is 5.56 Å². The molecule has 1 atom stereocenters. The third kappa shape index (κ3) is 3.67. The van der Waals surface area contributed by atoms with Crippen LogP contribution in [0.2, 0.25) is 0 Å². The van der Waals surface area contributed by atoms with Crippen molar-refractivity contribution in [3.63, 3.8) is 0 Å². The standard InChI is InChI=1S/C18H20N2O5S2/c21-18(19-12-13-5-6-15-16(11-13)25-9-8-24-15)14-3-1-7-20(14)27(22,23)17-4-2-10-26-17/h2,4-6,10-11,14H,1,3,7-9,12H2,(H,19,21). The first-order chi connectivity index (χ1) is 13.1. The number of fused-ring (bicyclic) bond motifs is 1. The predicted octanol–water partition coefficient (Wildman–Crippen LogP) is 1.99. The van der Waals surface area contributed by atoms with Gasteiger partial charge in [-0.3, -0.25) is 4.79 Å². The van der Waals surface area contributed by atoms with Gasteiger partial charge in [-0.1, -0.05) is 12.1 Å². The molecule has 0 bridgehead atoms. The molecule has 1 unspecified atom stereocenters. The van der Waals surface area contributed by atoms with E-state index in [1.54, 1.807) is 17.5 Å². The number of nitrogens with one attached hydrogen (secondary N) is 1. The van der Waals surface area contributed by atoms with Gasteiger partial charge in [0.05, 0.1) is 0 Å². The minimum Gasteiger partial charge on any atom is -0.486 e. The van der Waals surface area contributed by atoms with Crippen molar-refractivity contribution in [1.82, 2.24) is 9.62 Å². The first kappa shape index (κ1) is 18.3. The van der Waals surface area contributed by atoms with Gasteiger partial charge in [0.25, 0.3) is 10.0 Å². The highest BCUT2D eigenvalue weighted by molar-refractivity contribution is 7.91. The van der Waals surface area contributed by atoms with Crippen LogP contribution in [-0.2, 0) is 21.4 Å². The summed E-state index contributed by atoms with van der Waals surface area (Å²) in [5.74, 6) is 1.08. The van der Waals surface area contributed by atoms with Gasteiger partial charge in [-0.05, 0) is 42.0 Å². The molecule has 1 saturated heterocycles. The summed E-state index contributed by atoms with van der Waals surface area (Å²) in [5, 5.41) is 4.58. The van der Waals surface area contributed by atoms with E-state index >= 15 is 0 Å². The Kier molecular flexibility index (Phi) is 5.07. The van der Waals surface area contributed by atoms with Crippen molar-refractivity contribution in [3.05, 3.63) is 41.3 Å². The molecule has 4 rings (SSSR count). The maximum Gasteiger partial charge on any atom is 0.253 e. The van der Waals surface area contributed by atoms with E-state index in [9.17, 15) is 13.2 Å². The number of sulfonamides is 1. The molecule has 1 aromatic heterocycles. The fraction of sp³-hybridized carbons (Fsp3) is 0.389. The van der Waals surface area contributed by atoms with Crippen molar-refractivity contribution in [2.45, 2.75) is 29.6 Å². The van der Waals surface area contributed by atoms with Gasteiger partial charge in [0.1, 0.15) is 23.5 Å². The van der Waals surface area contributed by atoms with E-state index in [-0.39, 0.29) is 10.1 Å². The first-order valence-corrected chi connectivity index (χ1v) is 11.1. The number of hydrogen-bond acceptors (Lipinski definition) is 6. The highest BCUT2D eigenvalue weighted by Gasteiger charge is 2.39. The monoisotopic (exact) mass is 408 g/mol. The Balaban J connectivity index is 1.43. The molecule has 9 heteroatoms. The second-order valence-corrected chi connectivity index (χ2v) is 9.47. The Labute approximate surface area is 161 Å². The van der Waals surface area contributed by atoms with Crippen LogP contribution >= 0.6 is 11.3 Å². The summed E-state index contributed by atoms with van der Waals surface area (Å²) >= 11 is 1.17. The van der Waals surface area contributed by atoms with E-state index in [2.05, 4.69) is 5.32 Å². The topological polar surface area (TPSA) is 84.9 Å². The largest absolute Gasteiger partial charge is 0.486 e. The SMILES string of the molecule is O=C(NCc1ccc2c(c1)OCCO2)C1CCCN1S(=O)(=O)c1cccs1. The van der Waals surface area contributed by atoms with E-state index in [1.165, 1.54) is 15.6 Å². The third-order valence-corrected chi connectivity index (χ3v) is 7.92. The Morgan fingerprint density at radius 3 is 2.81 bits per heavy atom. The number of carbonyl (C=O) groups excluding carboxylic acids is 1. The first-order valence-electron chi connectivity index (χ1n) is 8.77. The zero-order valence-corrected chi connectivity index (χ0v) is 16.2. The van der Waals surface area contributed by atoms with Crippen molar-refractivity contribution in [2.75, 3.05) is 19.8 Å². The highest BCUT2D eigenvalue weighted by Crippen LogP contribution is 2.31. The fourth-order valence-corrected chi connectivity index (χ4v) is 6.10. The molecule has 0 spiro atoms. The molecule has 2 aliphatic heterocycles. The van der Waals surface area contributed by atoms with E-state index in [1.807, 2.05) is 18.2 Å². The number of ether oxygens (including phenoxy) is 2. The molecule has 144 valence electrons. The van der Waals surface area contributed by atoms with Crippen molar-refractivity contribution in [3.8, 4) is 11.5 Å². The van der Waals surface area contributed by atoms with Crippen LogP contribution in [0.15, 0.2) is 39.9 Å². The fourth-order valence-electron chi connectivity index (χ4n) is 3.32. The Morgan fingerprint density at radius 2 is 2.04 bits per heavy atom. The molecule has 1 aromatic carbocycles. The Bertz CT molecular complexity index is 927. The molecule has 0 aliphatic carbocycles.